The van der Waals surface area contributed by atoms with Gasteiger partial charge in [-0.05, 0) is 57.2 Å². The molecule has 1 aliphatic rings. The molecule has 1 heterocycles. The second-order valence-corrected chi connectivity index (χ2v) is 6.84. The lowest BCUT2D eigenvalue weighted by Crippen LogP contribution is -2.42. The first-order chi connectivity index (χ1) is 12.0. The van der Waals surface area contributed by atoms with E-state index >= 15 is 0 Å². The minimum absolute atomic E-state index is 0.0702. The van der Waals surface area contributed by atoms with Gasteiger partial charge in [0.15, 0.2) is 11.5 Å². The molecular weight excluding hydrogens is 318 g/mol. The minimum Gasteiger partial charge on any atom is -0.490 e. The standard InChI is InChI=1S/C20H31NO4/c1-5-23-18-8-7-15(12-19(18)24-6-2)20(22)21-16-9-10-25-17(13-16)11-14(3)4/h7-8,12,14,16-17H,5-6,9-11,13H2,1-4H3,(H,21,22)/t16-,17+/m1/s1. The first-order valence-corrected chi connectivity index (χ1v) is 9.35. The molecule has 0 aromatic heterocycles. The topological polar surface area (TPSA) is 56.8 Å². The number of carbonyl (C=O) groups excluding carboxylic acids is 1. The van der Waals surface area contributed by atoms with Crippen LogP contribution >= 0.6 is 0 Å². The van der Waals surface area contributed by atoms with E-state index in [0.717, 1.165) is 19.3 Å². The van der Waals surface area contributed by atoms with Crippen LogP contribution in [0, 0.1) is 5.92 Å². The van der Waals surface area contributed by atoms with E-state index in [0.29, 0.717) is 42.8 Å². The Bertz CT molecular complexity index is 559. The molecule has 0 bridgehead atoms. The maximum atomic E-state index is 12.6. The average molecular weight is 349 g/mol. The van der Waals surface area contributed by atoms with Crippen molar-refractivity contribution in [3.8, 4) is 11.5 Å². The van der Waals surface area contributed by atoms with E-state index in [1.165, 1.54) is 0 Å². The van der Waals surface area contributed by atoms with Gasteiger partial charge in [-0.2, -0.15) is 0 Å². The molecule has 0 unspecified atom stereocenters. The van der Waals surface area contributed by atoms with Crippen molar-refractivity contribution in [1.82, 2.24) is 5.32 Å². The predicted octanol–water partition coefficient (Wildman–Crippen LogP) is 3.81. The lowest BCUT2D eigenvalue weighted by Gasteiger charge is -2.31. The van der Waals surface area contributed by atoms with Gasteiger partial charge in [-0.15, -0.1) is 0 Å². The van der Waals surface area contributed by atoms with Gasteiger partial charge in [0.1, 0.15) is 0 Å². The summed E-state index contributed by atoms with van der Waals surface area (Å²) in [4.78, 5) is 12.6. The van der Waals surface area contributed by atoms with E-state index in [4.69, 9.17) is 14.2 Å². The smallest absolute Gasteiger partial charge is 0.251 e. The van der Waals surface area contributed by atoms with Crippen molar-refractivity contribution in [2.75, 3.05) is 19.8 Å². The SMILES string of the molecule is CCOc1ccc(C(=O)N[C@@H]2CCO[C@@H](CC(C)C)C2)cc1OCC. The highest BCUT2D eigenvalue weighted by Gasteiger charge is 2.25. The van der Waals surface area contributed by atoms with Crippen LogP contribution in [0.15, 0.2) is 18.2 Å². The number of hydrogen-bond acceptors (Lipinski definition) is 4. The van der Waals surface area contributed by atoms with E-state index in [1.54, 1.807) is 18.2 Å². The molecule has 25 heavy (non-hydrogen) atoms. The van der Waals surface area contributed by atoms with Gasteiger partial charge in [0.2, 0.25) is 0 Å². The molecule has 1 aromatic carbocycles. The van der Waals surface area contributed by atoms with Gasteiger partial charge < -0.3 is 19.5 Å². The van der Waals surface area contributed by atoms with Crippen LogP contribution in [-0.2, 0) is 4.74 Å². The quantitative estimate of drug-likeness (QED) is 0.775. The van der Waals surface area contributed by atoms with E-state index in [-0.39, 0.29) is 18.1 Å². The van der Waals surface area contributed by atoms with Gasteiger partial charge in [0.25, 0.3) is 5.91 Å². The van der Waals surface area contributed by atoms with Crippen LogP contribution in [0.5, 0.6) is 11.5 Å². The van der Waals surface area contributed by atoms with Crippen molar-refractivity contribution in [3.63, 3.8) is 0 Å². The Balaban J connectivity index is 2.01. The number of carbonyl (C=O) groups is 1. The average Bonchev–Trinajstić information content (AvgIpc) is 2.56. The summed E-state index contributed by atoms with van der Waals surface area (Å²) in [5.74, 6) is 1.81. The third-order valence-corrected chi connectivity index (χ3v) is 4.24. The summed E-state index contributed by atoms with van der Waals surface area (Å²) in [6.45, 7) is 10.0. The Kier molecular flexibility index (Phi) is 7.56. The van der Waals surface area contributed by atoms with Crippen LogP contribution in [-0.4, -0.2) is 37.9 Å². The highest BCUT2D eigenvalue weighted by atomic mass is 16.5. The molecule has 1 aromatic rings. The first kappa shape index (κ1) is 19.6. The molecule has 0 saturated carbocycles. The molecule has 1 aliphatic heterocycles. The molecule has 2 atom stereocenters. The summed E-state index contributed by atoms with van der Waals surface area (Å²) in [5.41, 5.74) is 0.596. The third kappa shape index (κ3) is 5.92. The molecule has 5 heteroatoms. The van der Waals surface area contributed by atoms with E-state index in [1.807, 2.05) is 13.8 Å². The molecule has 1 saturated heterocycles. The van der Waals surface area contributed by atoms with Crippen LogP contribution < -0.4 is 14.8 Å². The molecule has 1 amide bonds. The zero-order valence-corrected chi connectivity index (χ0v) is 15.8. The summed E-state index contributed by atoms with van der Waals surface area (Å²) < 4.78 is 17.0. The molecule has 0 aliphatic carbocycles. The first-order valence-electron chi connectivity index (χ1n) is 9.35. The number of rotatable bonds is 8. The molecule has 2 rings (SSSR count). The zero-order chi connectivity index (χ0) is 18.2. The fourth-order valence-corrected chi connectivity index (χ4v) is 3.16. The molecular formula is C20H31NO4. The third-order valence-electron chi connectivity index (χ3n) is 4.24. The molecule has 140 valence electrons. The van der Waals surface area contributed by atoms with E-state index in [2.05, 4.69) is 19.2 Å². The number of amides is 1. The van der Waals surface area contributed by atoms with E-state index in [9.17, 15) is 4.79 Å². The second kappa shape index (κ2) is 9.66. The summed E-state index contributed by atoms with van der Waals surface area (Å²) in [7, 11) is 0. The molecule has 1 fully saturated rings. The molecule has 5 nitrogen and oxygen atoms in total. The minimum atomic E-state index is -0.0702. The van der Waals surface area contributed by atoms with Crippen LogP contribution in [0.2, 0.25) is 0 Å². The highest BCUT2D eigenvalue weighted by Crippen LogP contribution is 2.29. The number of benzene rings is 1. The Hall–Kier alpha value is -1.75. The van der Waals surface area contributed by atoms with Crippen molar-refractivity contribution >= 4 is 5.91 Å². The Morgan fingerprint density at radius 2 is 1.96 bits per heavy atom. The van der Waals surface area contributed by atoms with Gasteiger partial charge >= 0.3 is 0 Å². The van der Waals surface area contributed by atoms with Gasteiger partial charge in [0.05, 0.1) is 19.3 Å². The summed E-state index contributed by atoms with van der Waals surface area (Å²) in [5, 5.41) is 3.14. The zero-order valence-electron chi connectivity index (χ0n) is 15.8. The molecule has 1 N–H and O–H groups in total. The molecule has 0 radical (unpaired) electrons. The largest absolute Gasteiger partial charge is 0.490 e. The predicted molar refractivity (Wildman–Crippen MR) is 98.5 cm³/mol. The van der Waals surface area contributed by atoms with Crippen LogP contribution in [0.3, 0.4) is 0 Å². The maximum absolute atomic E-state index is 12.6. The van der Waals surface area contributed by atoms with Gasteiger partial charge in [-0.25, -0.2) is 0 Å². The van der Waals surface area contributed by atoms with Crippen LogP contribution in [0.4, 0.5) is 0 Å². The van der Waals surface area contributed by atoms with Gasteiger partial charge in [-0.1, -0.05) is 13.8 Å². The lowest BCUT2D eigenvalue weighted by molar-refractivity contribution is -0.00846. The fraction of sp³-hybridized carbons (Fsp3) is 0.650. The maximum Gasteiger partial charge on any atom is 0.251 e. The summed E-state index contributed by atoms with van der Waals surface area (Å²) >= 11 is 0. The monoisotopic (exact) mass is 349 g/mol. The molecule has 0 spiro atoms. The van der Waals surface area contributed by atoms with Crippen LogP contribution in [0.1, 0.15) is 57.3 Å². The number of ether oxygens (including phenoxy) is 3. The van der Waals surface area contributed by atoms with Crippen molar-refractivity contribution < 1.29 is 19.0 Å². The number of hydrogen-bond donors (Lipinski definition) is 1. The lowest BCUT2D eigenvalue weighted by atomic mass is 9.96. The Morgan fingerprint density at radius 1 is 1.24 bits per heavy atom. The highest BCUT2D eigenvalue weighted by molar-refractivity contribution is 5.95. The van der Waals surface area contributed by atoms with E-state index < -0.39 is 0 Å². The van der Waals surface area contributed by atoms with Gasteiger partial charge in [-0.3, -0.25) is 4.79 Å². The van der Waals surface area contributed by atoms with Crippen molar-refractivity contribution in [1.29, 1.82) is 0 Å². The normalized spacial score (nSPS) is 20.4. The van der Waals surface area contributed by atoms with Crippen molar-refractivity contribution in [2.45, 2.75) is 59.1 Å². The fourth-order valence-electron chi connectivity index (χ4n) is 3.16. The van der Waals surface area contributed by atoms with Gasteiger partial charge in [0, 0.05) is 18.2 Å². The Labute approximate surface area is 151 Å². The Morgan fingerprint density at radius 3 is 2.64 bits per heavy atom. The summed E-state index contributed by atoms with van der Waals surface area (Å²) in [6, 6.07) is 5.50. The van der Waals surface area contributed by atoms with Crippen molar-refractivity contribution in [2.24, 2.45) is 5.92 Å². The summed E-state index contributed by atoms with van der Waals surface area (Å²) in [6.07, 6.45) is 3.00. The number of nitrogens with one attached hydrogen (secondary N) is 1. The van der Waals surface area contributed by atoms with Crippen molar-refractivity contribution in [3.05, 3.63) is 23.8 Å². The van der Waals surface area contributed by atoms with Crippen LogP contribution in [0.25, 0.3) is 0 Å². The second-order valence-electron chi connectivity index (χ2n) is 6.84.